The number of carbonyl (C=O) groups is 2. The molecule has 0 saturated heterocycles. The fourth-order valence-corrected chi connectivity index (χ4v) is 2.41. The van der Waals surface area contributed by atoms with Crippen molar-refractivity contribution >= 4 is 28.9 Å². The molecule has 2 aromatic carbocycles. The summed E-state index contributed by atoms with van der Waals surface area (Å²) in [5, 5.41) is 8.75. The molecule has 2 aromatic rings. The number of amides is 2. The van der Waals surface area contributed by atoms with Crippen LogP contribution < -0.4 is 20.7 Å². The number of anilines is 3. The fourth-order valence-electron chi connectivity index (χ4n) is 2.41. The van der Waals surface area contributed by atoms with Crippen molar-refractivity contribution in [3.05, 3.63) is 48.0 Å². The molecule has 144 valence electrons. The first-order valence-corrected chi connectivity index (χ1v) is 9.08. The van der Waals surface area contributed by atoms with Crippen LogP contribution in [0.5, 0.6) is 5.75 Å². The van der Waals surface area contributed by atoms with Gasteiger partial charge in [-0.15, -0.1) is 0 Å². The fraction of sp³-hybridized carbons (Fsp3) is 0.333. The summed E-state index contributed by atoms with van der Waals surface area (Å²) < 4.78 is 5.65. The van der Waals surface area contributed by atoms with E-state index in [0.717, 1.165) is 17.0 Å². The second-order valence-electron chi connectivity index (χ2n) is 6.53. The molecule has 2 amide bonds. The van der Waals surface area contributed by atoms with Crippen LogP contribution in [0.25, 0.3) is 0 Å². The first-order chi connectivity index (χ1) is 12.9. The summed E-state index contributed by atoms with van der Waals surface area (Å²) in [6, 6.07) is 12.9. The van der Waals surface area contributed by atoms with E-state index in [1.807, 2.05) is 57.2 Å². The van der Waals surface area contributed by atoms with Crippen LogP contribution in [-0.2, 0) is 9.59 Å². The normalized spacial score (nSPS) is 10.4. The minimum atomic E-state index is -0.179. The zero-order valence-electron chi connectivity index (χ0n) is 16.3. The zero-order valence-corrected chi connectivity index (χ0v) is 16.3. The third kappa shape index (κ3) is 6.66. The summed E-state index contributed by atoms with van der Waals surface area (Å²) in [5.41, 5.74) is 3.08. The van der Waals surface area contributed by atoms with Gasteiger partial charge in [0.05, 0.1) is 12.6 Å². The molecule has 3 N–H and O–H groups in total. The predicted molar refractivity (Wildman–Crippen MR) is 109 cm³/mol. The number of nitrogens with one attached hydrogen (secondary N) is 3. The van der Waals surface area contributed by atoms with Gasteiger partial charge in [0.1, 0.15) is 5.75 Å². The Kier molecular flexibility index (Phi) is 7.23. The molecule has 0 aliphatic heterocycles. The van der Waals surface area contributed by atoms with Gasteiger partial charge < -0.3 is 20.7 Å². The predicted octanol–water partition coefficient (Wildman–Crippen LogP) is 4.18. The average molecular weight is 369 g/mol. The van der Waals surface area contributed by atoms with Gasteiger partial charge in [0.25, 0.3) is 0 Å². The van der Waals surface area contributed by atoms with Gasteiger partial charge in [0.2, 0.25) is 11.8 Å². The molecule has 0 aliphatic carbocycles. The van der Waals surface area contributed by atoms with Crippen molar-refractivity contribution in [1.29, 1.82) is 0 Å². The Bertz CT molecular complexity index is 803. The molecule has 0 atom stereocenters. The zero-order chi connectivity index (χ0) is 19.8. The van der Waals surface area contributed by atoms with Crippen LogP contribution in [0.1, 0.15) is 32.8 Å². The molecular weight excluding hydrogens is 342 g/mol. The summed E-state index contributed by atoms with van der Waals surface area (Å²) in [4.78, 5) is 23.8. The van der Waals surface area contributed by atoms with Gasteiger partial charge in [-0.05, 0) is 50.6 Å². The standard InChI is InChI=1S/C21H27N3O3/c1-5-20(25)24-19-12-17(10-9-15(19)4)23-21(26)13-22-16-7-6-8-18(11-16)27-14(2)3/h6-12,14,22H,5,13H2,1-4H3,(H,23,26)(H,24,25). The Morgan fingerprint density at radius 1 is 1.00 bits per heavy atom. The second-order valence-corrected chi connectivity index (χ2v) is 6.53. The number of hydrogen-bond donors (Lipinski definition) is 3. The van der Waals surface area contributed by atoms with Crippen LogP contribution >= 0.6 is 0 Å². The van der Waals surface area contributed by atoms with Crippen molar-refractivity contribution < 1.29 is 14.3 Å². The first-order valence-electron chi connectivity index (χ1n) is 9.08. The van der Waals surface area contributed by atoms with E-state index in [0.29, 0.717) is 17.8 Å². The first kappa shape index (κ1) is 20.3. The average Bonchev–Trinajstić information content (AvgIpc) is 2.62. The Balaban J connectivity index is 1.94. The lowest BCUT2D eigenvalue weighted by Gasteiger charge is -2.13. The third-order valence-corrected chi connectivity index (χ3v) is 3.78. The van der Waals surface area contributed by atoms with Gasteiger partial charge in [-0.25, -0.2) is 0 Å². The van der Waals surface area contributed by atoms with E-state index in [-0.39, 0.29) is 24.5 Å². The molecule has 0 radical (unpaired) electrons. The quantitative estimate of drug-likeness (QED) is 0.652. The number of benzene rings is 2. The summed E-state index contributed by atoms with van der Waals surface area (Å²) in [6.45, 7) is 7.75. The summed E-state index contributed by atoms with van der Waals surface area (Å²) in [5.74, 6) is 0.513. The molecule has 0 heterocycles. The highest BCUT2D eigenvalue weighted by atomic mass is 16.5. The van der Waals surface area contributed by atoms with Gasteiger partial charge in [-0.1, -0.05) is 19.1 Å². The lowest BCUT2D eigenvalue weighted by atomic mass is 10.1. The molecule has 0 aromatic heterocycles. The molecule has 6 heteroatoms. The van der Waals surface area contributed by atoms with Crippen LogP contribution in [0.2, 0.25) is 0 Å². The number of carbonyl (C=O) groups excluding carboxylic acids is 2. The lowest BCUT2D eigenvalue weighted by molar-refractivity contribution is -0.116. The number of hydrogen-bond acceptors (Lipinski definition) is 4. The van der Waals surface area contributed by atoms with Crippen molar-refractivity contribution in [2.75, 3.05) is 22.5 Å². The topological polar surface area (TPSA) is 79.5 Å². The van der Waals surface area contributed by atoms with Gasteiger partial charge in [0, 0.05) is 29.5 Å². The molecule has 0 fully saturated rings. The van der Waals surface area contributed by atoms with E-state index in [2.05, 4.69) is 16.0 Å². The lowest BCUT2D eigenvalue weighted by Crippen LogP contribution is -2.22. The maximum absolute atomic E-state index is 12.2. The minimum absolute atomic E-state index is 0.0632. The second kappa shape index (κ2) is 9.62. The van der Waals surface area contributed by atoms with E-state index in [4.69, 9.17) is 4.74 Å². The highest BCUT2D eigenvalue weighted by molar-refractivity contribution is 5.96. The van der Waals surface area contributed by atoms with Gasteiger partial charge in [-0.2, -0.15) is 0 Å². The largest absolute Gasteiger partial charge is 0.491 e. The summed E-state index contributed by atoms with van der Waals surface area (Å²) in [6.07, 6.45) is 0.493. The van der Waals surface area contributed by atoms with E-state index in [1.165, 1.54) is 0 Å². The third-order valence-electron chi connectivity index (χ3n) is 3.78. The molecule has 0 spiro atoms. The molecule has 0 aliphatic rings. The van der Waals surface area contributed by atoms with E-state index in [1.54, 1.807) is 13.0 Å². The van der Waals surface area contributed by atoms with Gasteiger partial charge in [0.15, 0.2) is 0 Å². The van der Waals surface area contributed by atoms with Crippen molar-refractivity contribution in [3.63, 3.8) is 0 Å². The SMILES string of the molecule is CCC(=O)Nc1cc(NC(=O)CNc2cccc(OC(C)C)c2)ccc1C. The minimum Gasteiger partial charge on any atom is -0.491 e. The van der Waals surface area contributed by atoms with Crippen molar-refractivity contribution in [3.8, 4) is 5.75 Å². The number of aryl methyl sites for hydroxylation is 1. The van der Waals surface area contributed by atoms with E-state index < -0.39 is 0 Å². The van der Waals surface area contributed by atoms with Gasteiger partial charge in [-0.3, -0.25) is 9.59 Å². The molecule has 0 saturated carbocycles. The molecule has 6 nitrogen and oxygen atoms in total. The van der Waals surface area contributed by atoms with Crippen LogP contribution in [0, 0.1) is 6.92 Å². The maximum Gasteiger partial charge on any atom is 0.243 e. The number of ether oxygens (including phenoxy) is 1. The van der Waals surface area contributed by atoms with Crippen molar-refractivity contribution in [2.24, 2.45) is 0 Å². The summed E-state index contributed by atoms with van der Waals surface area (Å²) in [7, 11) is 0. The Labute approximate surface area is 160 Å². The van der Waals surface area contributed by atoms with E-state index in [9.17, 15) is 9.59 Å². The highest BCUT2D eigenvalue weighted by Crippen LogP contribution is 2.21. The maximum atomic E-state index is 12.2. The molecular formula is C21H27N3O3. The van der Waals surface area contributed by atoms with E-state index >= 15 is 0 Å². The van der Waals surface area contributed by atoms with Gasteiger partial charge >= 0.3 is 0 Å². The highest BCUT2D eigenvalue weighted by Gasteiger charge is 2.07. The van der Waals surface area contributed by atoms with Crippen LogP contribution in [-0.4, -0.2) is 24.5 Å². The molecule has 2 rings (SSSR count). The Morgan fingerprint density at radius 2 is 1.78 bits per heavy atom. The molecule has 27 heavy (non-hydrogen) atoms. The van der Waals surface area contributed by atoms with Crippen LogP contribution in [0.4, 0.5) is 17.1 Å². The monoisotopic (exact) mass is 369 g/mol. The molecule has 0 unspecified atom stereocenters. The van der Waals surface area contributed by atoms with Crippen molar-refractivity contribution in [1.82, 2.24) is 0 Å². The Hall–Kier alpha value is -3.02. The van der Waals surface area contributed by atoms with Crippen LogP contribution in [0.15, 0.2) is 42.5 Å². The Morgan fingerprint density at radius 3 is 2.48 bits per heavy atom. The summed E-state index contributed by atoms with van der Waals surface area (Å²) >= 11 is 0. The van der Waals surface area contributed by atoms with Crippen molar-refractivity contribution in [2.45, 2.75) is 40.2 Å². The van der Waals surface area contributed by atoms with Crippen LogP contribution in [0.3, 0.4) is 0 Å². The molecule has 0 bridgehead atoms. The number of rotatable bonds is 8. The smallest absolute Gasteiger partial charge is 0.243 e.